The van der Waals surface area contributed by atoms with Crippen LogP contribution in [0.25, 0.3) is 0 Å². The number of nitrogens with one attached hydrogen (secondary N) is 1. The molecule has 0 amide bonds. The Bertz CT molecular complexity index is 1100. The second-order valence-corrected chi connectivity index (χ2v) is 9.28. The molecule has 1 aliphatic heterocycles. The lowest BCUT2D eigenvalue weighted by molar-refractivity contribution is -0.385. The summed E-state index contributed by atoms with van der Waals surface area (Å²) in [4.78, 5) is 35.8. The second kappa shape index (κ2) is 15.7. The van der Waals surface area contributed by atoms with E-state index >= 15 is 0 Å². The van der Waals surface area contributed by atoms with Gasteiger partial charge in [-0.3, -0.25) is 10.1 Å². The highest BCUT2D eigenvalue weighted by Gasteiger charge is 2.39. The summed E-state index contributed by atoms with van der Waals surface area (Å²) in [6.45, 7) is 3.30. The number of dihydropyridines is 1. The van der Waals surface area contributed by atoms with Gasteiger partial charge in [0.05, 0.1) is 22.9 Å². The summed E-state index contributed by atoms with van der Waals surface area (Å²) in [6.07, 6.45) is 0.752. The van der Waals surface area contributed by atoms with E-state index in [1.807, 2.05) is 0 Å². The molecule has 0 aliphatic carbocycles. The van der Waals surface area contributed by atoms with Crippen molar-refractivity contribution in [2.45, 2.75) is 84.2 Å². The minimum Gasteiger partial charge on any atom is -0.434 e. The summed E-state index contributed by atoms with van der Waals surface area (Å²) in [7, 11) is 0. The molecule has 1 N–H and O–H groups in total. The summed E-state index contributed by atoms with van der Waals surface area (Å²) >= 11 is 0. The van der Waals surface area contributed by atoms with E-state index in [2.05, 4.69) is 17.0 Å². The lowest BCUT2D eigenvalue weighted by Crippen LogP contribution is -2.30. The number of nitro benzene ring substituents is 1. The van der Waals surface area contributed by atoms with Gasteiger partial charge >= 0.3 is 18.5 Å². The van der Waals surface area contributed by atoms with Crippen molar-refractivity contribution < 1.29 is 46.6 Å². The van der Waals surface area contributed by atoms with Gasteiger partial charge in [-0.2, -0.15) is 13.2 Å². The lowest BCUT2D eigenvalue weighted by Gasteiger charge is -2.30. The molecule has 0 spiro atoms. The molecule has 40 heavy (non-hydrogen) atoms. The fourth-order valence-electron chi connectivity index (χ4n) is 4.18. The Morgan fingerprint density at radius 1 is 0.900 bits per heavy atom. The smallest absolute Gasteiger partial charge is 0.434 e. The summed E-state index contributed by atoms with van der Waals surface area (Å²) in [6, 6.07) is 5.44. The molecule has 13 heteroatoms. The molecule has 0 fully saturated rings. The van der Waals surface area contributed by atoms with E-state index in [9.17, 15) is 32.9 Å². The third-order valence-corrected chi connectivity index (χ3v) is 6.04. The SMILES string of the molecule is CCCCCCCCCCOC(=O)OC1=C(C)NC(C)=C(OC(=O)OCC(F)(F)F)C1c1ccccc1[N+](=O)[O-]. The average Bonchev–Trinajstić information content (AvgIpc) is 2.89. The maximum absolute atomic E-state index is 12.6. The van der Waals surface area contributed by atoms with Crippen molar-refractivity contribution in [2.75, 3.05) is 13.2 Å². The van der Waals surface area contributed by atoms with Gasteiger partial charge in [-0.15, -0.1) is 0 Å². The highest BCUT2D eigenvalue weighted by Crippen LogP contribution is 2.42. The molecule has 0 radical (unpaired) electrons. The first-order chi connectivity index (χ1) is 18.9. The van der Waals surface area contributed by atoms with E-state index in [-0.39, 0.29) is 35.1 Å². The Morgan fingerprint density at radius 3 is 1.98 bits per heavy atom. The quantitative estimate of drug-likeness (QED) is 0.103. The van der Waals surface area contributed by atoms with E-state index in [0.717, 1.165) is 25.7 Å². The number of allylic oxidation sites excluding steroid dienone is 2. The molecular formula is C27H35F3N2O8. The van der Waals surface area contributed by atoms with E-state index in [1.54, 1.807) is 0 Å². The normalized spacial score (nSPS) is 15.4. The molecule has 0 saturated carbocycles. The van der Waals surface area contributed by atoms with Crippen LogP contribution >= 0.6 is 0 Å². The van der Waals surface area contributed by atoms with Gasteiger partial charge < -0.3 is 24.3 Å². The van der Waals surface area contributed by atoms with Crippen molar-refractivity contribution in [2.24, 2.45) is 0 Å². The first-order valence-corrected chi connectivity index (χ1v) is 13.1. The van der Waals surface area contributed by atoms with Crippen molar-refractivity contribution in [3.8, 4) is 0 Å². The molecule has 0 saturated heterocycles. The Balaban J connectivity index is 2.19. The number of para-hydroxylation sites is 1. The number of unbranched alkanes of at least 4 members (excludes halogenated alkanes) is 7. The fourth-order valence-corrected chi connectivity index (χ4v) is 4.18. The first-order valence-electron chi connectivity index (χ1n) is 13.1. The van der Waals surface area contributed by atoms with Gasteiger partial charge in [-0.05, 0) is 20.3 Å². The van der Waals surface area contributed by atoms with Crippen molar-refractivity contribution >= 4 is 18.0 Å². The van der Waals surface area contributed by atoms with Crippen LogP contribution < -0.4 is 5.32 Å². The molecule has 1 heterocycles. The van der Waals surface area contributed by atoms with Crippen LogP contribution in [0.5, 0.6) is 0 Å². The monoisotopic (exact) mass is 572 g/mol. The summed E-state index contributed by atoms with van der Waals surface area (Å²) in [5.41, 5.74) is -0.0321. The number of hydrogen-bond donors (Lipinski definition) is 1. The number of alkyl halides is 3. The summed E-state index contributed by atoms with van der Waals surface area (Å²) < 4.78 is 57.5. The Labute approximate surface area is 230 Å². The molecule has 1 aromatic rings. The third-order valence-electron chi connectivity index (χ3n) is 6.04. The van der Waals surface area contributed by atoms with Crippen LogP contribution in [-0.4, -0.2) is 36.6 Å². The molecule has 2 rings (SSSR count). The van der Waals surface area contributed by atoms with Crippen LogP contribution in [0.4, 0.5) is 28.4 Å². The van der Waals surface area contributed by atoms with Gasteiger partial charge in [-0.1, -0.05) is 70.1 Å². The third kappa shape index (κ3) is 10.4. The topological polar surface area (TPSA) is 126 Å². The zero-order valence-corrected chi connectivity index (χ0v) is 22.8. The van der Waals surface area contributed by atoms with Crippen molar-refractivity contribution in [3.05, 3.63) is 62.9 Å². The molecule has 0 bridgehead atoms. The van der Waals surface area contributed by atoms with E-state index in [0.29, 0.717) is 6.42 Å². The molecule has 1 unspecified atom stereocenters. The molecule has 10 nitrogen and oxygen atoms in total. The van der Waals surface area contributed by atoms with E-state index in [4.69, 9.17) is 14.2 Å². The zero-order chi connectivity index (χ0) is 29.7. The summed E-state index contributed by atoms with van der Waals surface area (Å²) in [5, 5.41) is 14.6. The Kier molecular flexibility index (Phi) is 12.8. The lowest BCUT2D eigenvalue weighted by atomic mass is 9.89. The minimum atomic E-state index is -4.80. The van der Waals surface area contributed by atoms with Crippen LogP contribution in [0.2, 0.25) is 0 Å². The van der Waals surface area contributed by atoms with Gasteiger partial charge in [0.15, 0.2) is 6.61 Å². The predicted molar refractivity (Wildman–Crippen MR) is 138 cm³/mol. The van der Waals surface area contributed by atoms with Crippen LogP contribution in [0.3, 0.4) is 0 Å². The van der Waals surface area contributed by atoms with E-state index in [1.165, 1.54) is 57.4 Å². The maximum Gasteiger partial charge on any atom is 0.513 e. The van der Waals surface area contributed by atoms with Crippen molar-refractivity contribution in [1.82, 2.24) is 5.32 Å². The Morgan fingerprint density at radius 2 is 1.43 bits per heavy atom. The van der Waals surface area contributed by atoms with Crippen LogP contribution in [-0.2, 0) is 18.9 Å². The van der Waals surface area contributed by atoms with Gasteiger partial charge in [0, 0.05) is 11.6 Å². The van der Waals surface area contributed by atoms with Gasteiger partial charge in [0.2, 0.25) is 0 Å². The number of rotatable bonds is 14. The number of nitro groups is 1. The standard InChI is InChI=1S/C27H35F3N2O8/c1-4-5-6-7-8-9-10-13-16-37-25(33)39-23-18(2)31-19(3)24(40-26(34)38-17-27(28,29)30)22(23)20-14-11-12-15-21(20)32(35)36/h11-12,14-15,22,31H,4-10,13,16-17H2,1-3H3. The number of nitrogens with zero attached hydrogens (tertiary/aromatic N) is 1. The summed E-state index contributed by atoms with van der Waals surface area (Å²) in [5.74, 6) is -1.87. The highest BCUT2D eigenvalue weighted by molar-refractivity contribution is 5.66. The molecule has 1 aromatic carbocycles. The fraction of sp³-hybridized carbons (Fsp3) is 0.556. The highest BCUT2D eigenvalue weighted by atomic mass is 19.4. The van der Waals surface area contributed by atoms with Gasteiger partial charge in [-0.25, -0.2) is 9.59 Å². The van der Waals surface area contributed by atoms with Crippen LogP contribution in [0, 0.1) is 10.1 Å². The van der Waals surface area contributed by atoms with Gasteiger partial charge in [0.25, 0.3) is 5.69 Å². The molecule has 222 valence electrons. The zero-order valence-electron chi connectivity index (χ0n) is 22.8. The number of carbonyl (C=O) groups excluding carboxylic acids is 2. The largest absolute Gasteiger partial charge is 0.513 e. The van der Waals surface area contributed by atoms with Crippen molar-refractivity contribution in [3.63, 3.8) is 0 Å². The minimum absolute atomic E-state index is 0.0304. The molecular weight excluding hydrogens is 537 g/mol. The number of ether oxygens (including phenoxy) is 4. The molecule has 0 aromatic heterocycles. The first kappa shape index (κ1) is 32.4. The van der Waals surface area contributed by atoms with Crippen LogP contribution in [0.1, 0.15) is 83.6 Å². The van der Waals surface area contributed by atoms with Crippen molar-refractivity contribution in [1.29, 1.82) is 0 Å². The number of carbonyl (C=O) groups is 2. The number of benzene rings is 1. The number of halogens is 3. The molecule has 1 aliphatic rings. The average molecular weight is 573 g/mol. The maximum atomic E-state index is 12.6. The number of hydrogen-bond acceptors (Lipinski definition) is 9. The van der Waals surface area contributed by atoms with E-state index < -0.39 is 41.6 Å². The van der Waals surface area contributed by atoms with Gasteiger partial charge in [0.1, 0.15) is 17.4 Å². The van der Waals surface area contributed by atoms with Crippen LogP contribution in [0.15, 0.2) is 47.2 Å². The molecule has 1 atom stereocenters. The predicted octanol–water partition coefficient (Wildman–Crippen LogP) is 7.75. The Hall–Kier alpha value is -3.77. The second-order valence-electron chi connectivity index (χ2n) is 9.28.